The molecule has 2 aromatic carbocycles. The minimum Gasteiger partial charge on any atom is -0.457 e. The summed E-state index contributed by atoms with van der Waals surface area (Å²) in [4.78, 5) is 16.6. The molecule has 5 nitrogen and oxygen atoms in total. The van der Waals surface area contributed by atoms with E-state index in [9.17, 15) is 4.79 Å². The van der Waals surface area contributed by atoms with Crippen molar-refractivity contribution in [1.82, 2.24) is 4.98 Å². The van der Waals surface area contributed by atoms with Crippen LogP contribution >= 0.6 is 0 Å². The van der Waals surface area contributed by atoms with E-state index in [1.54, 1.807) is 24.3 Å². The van der Waals surface area contributed by atoms with Crippen molar-refractivity contribution in [2.45, 2.75) is 26.7 Å². The van der Waals surface area contributed by atoms with Gasteiger partial charge in [0.1, 0.15) is 17.3 Å². The van der Waals surface area contributed by atoms with Gasteiger partial charge in [-0.2, -0.15) is 0 Å². The monoisotopic (exact) mass is 361 g/mol. The highest BCUT2D eigenvalue weighted by Crippen LogP contribution is 2.27. The molecule has 3 N–H and O–H groups in total. The second-order valence-corrected chi connectivity index (χ2v) is 6.70. The lowest BCUT2D eigenvalue weighted by Gasteiger charge is -2.11. The molecular weight excluding hydrogens is 338 g/mol. The number of aromatic nitrogens is 1. The van der Waals surface area contributed by atoms with Crippen LogP contribution in [0.1, 0.15) is 41.4 Å². The number of amides is 1. The molecular formula is C22H23N3O2. The van der Waals surface area contributed by atoms with Gasteiger partial charge in [0, 0.05) is 17.4 Å². The average molecular weight is 361 g/mol. The first-order chi connectivity index (χ1) is 12.9. The second-order valence-electron chi connectivity index (χ2n) is 6.70. The van der Waals surface area contributed by atoms with Gasteiger partial charge in [0.2, 0.25) is 0 Å². The lowest BCUT2D eigenvalue weighted by Crippen LogP contribution is -2.15. The van der Waals surface area contributed by atoms with Crippen LogP contribution in [0.3, 0.4) is 0 Å². The third-order valence-electron chi connectivity index (χ3n) is 4.16. The van der Waals surface area contributed by atoms with Crippen molar-refractivity contribution in [2.75, 3.05) is 11.1 Å². The number of carbonyl (C=O) groups excluding carboxylic acids is 1. The Kier molecular flexibility index (Phi) is 5.41. The van der Waals surface area contributed by atoms with Crippen molar-refractivity contribution in [3.05, 3.63) is 77.5 Å². The Morgan fingerprint density at radius 1 is 1.04 bits per heavy atom. The van der Waals surface area contributed by atoms with Gasteiger partial charge in [0.05, 0.1) is 5.56 Å². The van der Waals surface area contributed by atoms with Gasteiger partial charge in [-0.05, 0) is 54.8 Å². The summed E-state index contributed by atoms with van der Waals surface area (Å²) in [6, 6.07) is 18.7. The van der Waals surface area contributed by atoms with E-state index in [1.165, 1.54) is 5.56 Å². The first kappa shape index (κ1) is 18.5. The standard InChI is InChI=1S/C22H23N3O2/c1-14(2)16-6-4-8-18(12-16)27-19-9-5-7-17(13-19)25-22(26)20-11-10-15(3)24-21(20)23/h4-14H,1-3H3,(H2,23,24)(H,25,26). The Morgan fingerprint density at radius 3 is 2.44 bits per heavy atom. The number of nitrogens with one attached hydrogen (secondary N) is 1. The van der Waals surface area contributed by atoms with Crippen LogP contribution in [-0.2, 0) is 0 Å². The summed E-state index contributed by atoms with van der Waals surface area (Å²) in [5.41, 5.74) is 8.79. The minimum atomic E-state index is -0.307. The van der Waals surface area contributed by atoms with Gasteiger partial charge in [-0.3, -0.25) is 4.79 Å². The maximum absolute atomic E-state index is 12.5. The van der Waals surface area contributed by atoms with E-state index in [2.05, 4.69) is 30.2 Å². The molecule has 1 amide bonds. The molecule has 0 aliphatic rings. The molecule has 0 atom stereocenters. The molecule has 1 heterocycles. The van der Waals surface area contributed by atoms with Gasteiger partial charge in [-0.15, -0.1) is 0 Å². The van der Waals surface area contributed by atoms with Crippen LogP contribution in [0.4, 0.5) is 11.5 Å². The van der Waals surface area contributed by atoms with Crippen molar-refractivity contribution >= 4 is 17.4 Å². The lowest BCUT2D eigenvalue weighted by atomic mass is 10.0. The smallest absolute Gasteiger partial charge is 0.259 e. The molecule has 3 rings (SSSR count). The Hall–Kier alpha value is -3.34. The number of carbonyl (C=O) groups is 1. The topological polar surface area (TPSA) is 77.2 Å². The van der Waals surface area contributed by atoms with E-state index in [1.807, 2.05) is 37.3 Å². The van der Waals surface area contributed by atoms with Gasteiger partial charge in [-0.25, -0.2) is 4.98 Å². The molecule has 5 heteroatoms. The number of ether oxygens (including phenoxy) is 1. The molecule has 0 unspecified atom stereocenters. The van der Waals surface area contributed by atoms with E-state index in [4.69, 9.17) is 10.5 Å². The molecule has 0 spiro atoms. The molecule has 3 aromatic rings. The van der Waals surface area contributed by atoms with Crippen LogP contribution in [0.15, 0.2) is 60.7 Å². The molecule has 27 heavy (non-hydrogen) atoms. The third kappa shape index (κ3) is 4.64. The van der Waals surface area contributed by atoms with Crippen molar-refractivity contribution < 1.29 is 9.53 Å². The first-order valence-electron chi connectivity index (χ1n) is 8.85. The van der Waals surface area contributed by atoms with Crippen LogP contribution in [-0.4, -0.2) is 10.9 Å². The number of anilines is 2. The molecule has 0 aliphatic carbocycles. The fourth-order valence-electron chi connectivity index (χ4n) is 2.68. The van der Waals surface area contributed by atoms with E-state index >= 15 is 0 Å². The highest BCUT2D eigenvalue weighted by Gasteiger charge is 2.12. The van der Waals surface area contributed by atoms with Crippen molar-refractivity contribution in [1.29, 1.82) is 0 Å². The summed E-state index contributed by atoms with van der Waals surface area (Å²) in [6.45, 7) is 6.11. The number of hydrogen-bond donors (Lipinski definition) is 2. The van der Waals surface area contributed by atoms with E-state index in [-0.39, 0.29) is 11.7 Å². The van der Waals surface area contributed by atoms with Gasteiger partial charge in [0.15, 0.2) is 0 Å². The minimum absolute atomic E-state index is 0.213. The highest BCUT2D eigenvalue weighted by molar-refractivity contribution is 6.07. The number of rotatable bonds is 5. The molecule has 0 fully saturated rings. The van der Waals surface area contributed by atoms with E-state index in [0.717, 1.165) is 11.4 Å². The SMILES string of the molecule is Cc1ccc(C(=O)Nc2cccc(Oc3cccc(C(C)C)c3)c2)c(N)n1. The Balaban J connectivity index is 1.75. The van der Waals surface area contributed by atoms with Crippen LogP contribution in [0.25, 0.3) is 0 Å². The zero-order chi connectivity index (χ0) is 19.4. The van der Waals surface area contributed by atoms with Gasteiger partial charge in [-0.1, -0.05) is 32.0 Å². The number of aryl methyl sites for hydroxylation is 1. The highest BCUT2D eigenvalue weighted by atomic mass is 16.5. The summed E-state index contributed by atoms with van der Waals surface area (Å²) in [7, 11) is 0. The quantitative estimate of drug-likeness (QED) is 0.659. The second kappa shape index (κ2) is 7.91. The summed E-state index contributed by atoms with van der Waals surface area (Å²) in [6.07, 6.45) is 0. The number of hydrogen-bond acceptors (Lipinski definition) is 4. The summed E-state index contributed by atoms with van der Waals surface area (Å²) < 4.78 is 5.95. The molecule has 0 aliphatic heterocycles. The molecule has 0 saturated heterocycles. The van der Waals surface area contributed by atoms with Gasteiger partial charge >= 0.3 is 0 Å². The van der Waals surface area contributed by atoms with Crippen molar-refractivity contribution in [3.63, 3.8) is 0 Å². The molecule has 0 saturated carbocycles. The number of pyridine rings is 1. The van der Waals surface area contributed by atoms with Crippen LogP contribution in [0.5, 0.6) is 11.5 Å². The molecule has 138 valence electrons. The fourth-order valence-corrected chi connectivity index (χ4v) is 2.68. The summed E-state index contributed by atoms with van der Waals surface area (Å²) >= 11 is 0. The Labute approximate surface area is 159 Å². The predicted molar refractivity (Wildman–Crippen MR) is 108 cm³/mol. The number of benzene rings is 2. The van der Waals surface area contributed by atoms with E-state index in [0.29, 0.717) is 22.9 Å². The van der Waals surface area contributed by atoms with Crippen molar-refractivity contribution in [2.24, 2.45) is 0 Å². The molecule has 1 aromatic heterocycles. The summed E-state index contributed by atoms with van der Waals surface area (Å²) in [5, 5.41) is 2.84. The van der Waals surface area contributed by atoms with Crippen LogP contribution < -0.4 is 15.8 Å². The number of nitrogens with zero attached hydrogens (tertiary/aromatic N) is 1. The molecule has 0 radical (unpaired) electrons. The Morgan fingerprint density at radius 2 is 1.74 bits per heavy atom. The average Bonchev–Trinajstić information content (AvgIpc) is 2.62. The van der Waals surface area contributed by atoms with Crippen LogP contribution in [0, 0.1) is 6.92 Å². The zero-order valence-corrected chi connectivity index (χ0v) is 15.7. The largest absolute Gasteiger partial charge is 0.457 e. The summed E-state index contributed by atoms with van der Waals surface area (Å²) in [5.74, 6) is 1.73. The normalized spacial score (nSPS) is 10.7. The number of nitrogens with two attached hydrogens (primary N) is 1. The predicted octanol–water partition coefficient (Wildman–Crippen LogP) is 5.14. The van der Waals surface area contributed by atoms with Crippen molar-refractivity contribution in [3.8, 4) is 11.5 Å². The lowest BCUT2D eigenvalue weighted by molar-refractivity contribution is 0.102. The van der Waals surface area contributed by atoms with Crippen LogP contribution in [0.2, 0.25) is 0 Å². The van der Waals surface area contributed by atoms with E-state index < -0.39 is 0 Å². The maximum atomic E-state index is 12.5. The Bertz CT molecular complexity index is 967. The zero-order valence-electron chi connectivity index (χ0n) is 15.7. The first-order valence-corrected chi connectivity index (χ1v) is 8.85. The fraction of sp³-hybridized carbons (Fsp3) is 0.182. The number of nitrogen functional groups attached to an aromatic ring is 1. The van der Waals surface area contributed by atoms with Gasteiger partial charge in [0.25, 0.3) is 5.91 Å². The molecule has 0 bridgehead atoms. The maximum Gasteiger partial charge on any atom is 0.259 e. The third-order valence-corrected chi connectivity index (χ3v) is 4.16. The van der Waals surface area contributed by atoms with Gasteiger partial charge < -0.3 is 15.8 Å².